The summed E-state index contributed by atoms with van der Waals surface area (Å²) >= 11 is 0. The second kappa shape index (κ2) is 7.93. The second-order valence-corrected chi connectivity index (χ2v) is 5.80. The average molecular weight is 356 g/mol. The molecular formula is C20H17FO5. The number of aliphatic hydroxyl groups is 1. The van der Waals surface area contributed by atoms with Crippen molar-refractivity contribution < 1.29 is 28.6 Å². The van der Waals surface area contributed by atoms with Crippen LogP contribution in [0.4, 0.5) is 4.39 Å². The van der Waals surface area contributed by atoms with Gasteiger partial charge in [0.2, 0.25) is 0 Å². The number of aliphatic hydroxyl groups excluding tert-OH is 1. The maximum atomic E-state index is 14.7. The zero-order valence-corrected chi connectivity index (χ0v) is 13.7. The number of ether oxygens (including phenoxy) is 2. The highest BCUT2D eigenvalue weighted by Gasteiger charge is 2.40. The maximum absolute atomic E-state index is 14.7. The average Bonchev–Trinajstić information content (AvgIpc) is 2.69. The van der Waals surface area contributed by atoms with E-state index >= 15 is 0 Å². The number of esters is 2. The highest BCUT2D eigenvalue weighted by molar-refractivity contribution is 5.90. The molecule has 2 aromatic rings. The smallest absolute Gasteiger partial charge is 0.338 e. The molecule has 0 fully saturated rings. The molecule has 1 N–H and O–H groups in total. The lowest BCUT2D eigenvalue weighted by Crippen LogP contribution is -2.46. The summed E-state index contributed by atoms with van der Waals surface area (Å²) < 4.78 is 25.0. The molecule has 1 heterocycles. The first-order valence-corrected chi connectivity index (χ1v) is 8.08. The summed E-state index contributed by atoms with van der Waals surface area (Å²) in [5.74, 6) is -1.40. The van der Waals surface area contributed by atoms with Crippen LogP contribution in [0.5, 0.6) is 0 Å². The van der Waals surface area contributed by atoms with Crippen molar-refractivity contribution in [3.8, 4) is 0 Å². The summed E-state index contributed by atoms with van der Waals surface area (Å²) in [6, 6.07) is 16.2. The second-order valence-electron chi connectivity index (χ2n) is 5.80. The van der Waals surface area contributed by atoms with E-state index in [1.54, 1.807) is 48.5 Å². The van der Waals surface area contributed by atoms with Crippen LogP contribution < -0.4 is 0 Å². The molecule has 0 aliphatic carbocycles. The van der Waals surface area contributed by atoms with E-state index in [-0.39, 0.29) is 5.56 Å². The van der Waals surface area contributed by atoms with Crippen molar-refractivity contribution in [2.45, 2.75) is 24.5 Å². The molecule has 0 spiro atoms. The predicted molar refractivity (Wildman–Crippen MR) is 91.0 cm³/mol. The van der Waals surface area contributed by atoms with E-state index in [2.05, 4.69) is 0 Å². The fraction of sp³-hybridized carbons (Fsp3) is 0.200. The summed E-state index contributed by atoms with van der Waals surface area (Å²) in [6.07, 6.45) is -3.58. The Labute approximate surface area is 149 Å². The van der Waals surface area contributed by atoms with Crippen LogP contribution in [0.3, 0.4) is 0 Å². The summed E-state index contributed by atoms with van der Waals surface area (Å²) in [5, 5.41) is 10.4. The topological polar surface area (TPSA) is 72.8 Å². The fourth-order valence-electron chi connectivity index (χ4n) is 2.66. The zero-order valence-electron chi connectivity index (χ0n) is 13.7. The van der Waals surface area contributed by atoms with Crippen LogP contribution in [0.15, 0.2) is 72.8 Å². The van der Waals surface area contributed by atoms with Gasteiger partial charge >= 0.3 is 11.9 Å². The van der Waals surface area contributed by atoms with Gasteiger partial charge in [-0.25, -0.2) is 14.0 Å². The molecule has 1 aliphatic heterocycles. The van der Waals surface area contributed by atoms with Gasteiger partial charge in [0.25, 0.3) is 0 Å². The number of hydrogen-bond acceptors (Lipinski definition) is 5. The fourth-order valence-corrected chi connectivity index (χ4v) is 2.66. The maximum Gasteiger partial charge on any atom is 0.338 e. The number of rotatable bonds is 5. The third-order valence-corrected chi connectivity index (χ3v) is 4.01. The first kappa shape index (κ1) is 17.8. The number of alkyl halides is 1. The minimum atomic E-state index is -1.81. The van der Waals surface area contributed by atoms with Crippen LogP contribution in [0, 0.1) is 0 Å². The van der Waals surface area contributed by atoms with Gasteiger partial charge in [-0.2, -0.15) is 0 Å². The number of halogens is 1. The molecule has 5 nitrogen and oxygen atoms in total. The molecule has 4 unspecified atom stereocenters. The van der Waals surface area contributed by atoms with Gasteiger partial charge in [-0.05, 0) is 23.8 Å². The molecule has 4 atom stereocenters. The van der Waals surface area contributed by atoms with Crippen LogP contribution in [0.2, 0.25) is 0 Å². The van der Waals surface area contributed by atoms with E-state index < -0.39 is 36.4 Å². The van der Waals surface area contributed by atoms with E-state index in [0.29, 0.717) is 5.56 Å². The Bertz CT molecular complexity index is 790. The molecule has 0 bridgehead atoms. The highest BCUT2D eigenvalue weighted by atomic mass is 19.1. The van der Waals surface area contributed by atoms with Crippen molar-refractivity contribution in [3.63, 3.8) is 0 Å². The molecule has 0 aromatic heterocycles. The first-order chi connectivity index (χ1) is 12.6. The van der Waals surface area contributed by atoms with Crippen LogP contribution in [0.1, 0.15) is 22.1 Å². The van der Waals surface area contributed by atoms with Crippen molar-refractivity contribution in [1.29, 1.82) is 0 Å². The van der Waals surface area contributed by atoms with E-state index in [1.165, 1.54) is 18.2 Å². The lowest BCUT2D eigenvalue weighted by atomic mass is 9.97. The van der Waals surface area contributed by atoms with Crippen LogP contribution in [-0.4, -0.2) is 35.4 Å². The van der Waals surface area contributed by atoms with E-state index in [4.69, 9.17) is 9.47 Å². The lowest BCUT2D eigenvalue weighted by Gasteiger charge is -2.32. The molecule has 0 amide bonds. The number of carbonyl (C=O) groups excluding carboxylic acids is 2. The van der Waals surface area contributed by atoms with Gasteiger partial charge < -0.3 is 14.6 Å². The minimum Gasteiger partial charge on any atom is -0.452 e. The third kappa shape index (κ3) is 3.97. The van der Waals surface area contributed by atoms with Crippen LogP contribution >= 0.6 is 0 Å². The molecule has 6 heteroatoms. The van der Waals surface area contributed by atoms with Gasteiger partial charge in [-0.1, -0.05) is 48.5 Å². The lowest BCUT2D eigenvalue weighted by molar-refractivity contribution is -0.163. The zero-order chi connectivity index (χ0) is 18.5. The Morgan fingerprint density at radius 1 is 1.08 bits per heavy atom. The van der Waals surface area contributed by atoms with Gasteiger partial charge in [0, 0.05) is 6.08 Å². The highest BCUT2D eigenvalue weighted by Crippen LogP contribution is 2.28. The molecule has 0 radical (unpaired) electrons. The van der Waals surface area contributed by atoms with Gasteiger partial charge in [0.05, 0.1) is 5.56 Å². The number of carbonyl (C=O) groups is 2. The van der Waals surface area contributed by atoms with E-state index in [0.717, 1.165) is 6.08 Å². The molecule has 3 rings (SSSR count). The summed E-state index contributed by atoms with van der Waals surface area (Å²) in [4.78, 5) is 23.8. The molecule has 0 saturated heterocycles. The predicted octanol–water partition coefficient (Wildman–Crippen LogP) is 2.77. The SMILES string of the molecule is O=C1C=CC(OC(=O)c2ccccc2)C(C(O)C(F)c2ccccc2)O1. The largest absolute Gasteiger partial charge is 0.452 e. The van der Waals surface area contributed by atoms with Gasteiger partial charge in [-0.15, -0.1) is 0 Å². The number of benzene rings is 2. The summed E-state index contributed by atoms with van der Waals surface area (Å²) in [6.45, 7) is 0. The minimum absolute atomic E-state index is 0.235. The Morgan fingerprint density at radius 3 is 2.35 bits per heavy atom. The van der Waals surface area contributed by atoms with Crippen molar-refractivity contribution in [1.82, 2.24) is 0 Å². The van der Waals surface area contributed by atoms with Crippen LogP contribution in [0.25, 0.3) is 0 Å². The number of cyclic esters (lactones) is 1. The van der Waals surface area contributed by atoms with E-state index in [1.807, 2.05) is 0 Å². The number of hydrogen-bond donors (Lipinski definition) is 1. The van der Waals surface area contributed by atoms with Gasteiger partial charge in [0.1, 0.15) is 6.10 Å². The Kier molecular flexibility index (Phi) is 5.43. The summed E-state index contributed by atoms with van der Waals surface area (Å²) in [7, 11) is 0. The molecular weight excluding hydrogens is 339 g/mol. The molecule has 26 heavy (non-hydrogen) atoms. The Morgan fingerprint density at radius 2 is 1.69 bits per heavy atom. The van der Waals surface area contributed by atoms with Crippen molar-refractivity contribution >= 4 is 11.9 Å². The molecule has 134 valence electrons. The van der Waals surface area contributed by atoms with Crippen LogP contribution in [-0.2, 0) is 14.3 Å². The van der Waals surface area contributed by atoms with Crippen molar-refractivity contribution in [2.24, 2.45) is 0 Å². The molecule has 1 aliphatic rings. The first-order valence-electron chi connectivity index (χ1n) is 8.08. The monoisotopic (exact) mass is 356 g/mol. The quantitative estimate of drug-likeness (QED) is 0.834. The Hall–Kier alpha value is -2.99. The molecule has 0 saturated carbocycles. The van der Waals surface area contributed by atoms with Gasteiger partial charge in [0.15, 0.2) is 18.4 Å². The molecule has 2 aromatic carbocycles. The van der Waals surface area contributed by atoms with E-state index in [9.17, 15) is 19.1 Å². The van der Waals surface area contributed by atoms with Crippen molar-refractivity contribution in [3.05, 3.63) is 83.9 Å². The standard InChI is InChI=1S/C20H17FO5/c21-17(13-7-3-1-4-8-13)18(23)19-15(11-12-16(22)26-19)25-20(24)14-9-5-2-6-10-14/h1-12,15,17-19,23H. The van der Waals surface area contributed by atoms with Gasteiger partial charge in [-0.3, -0.25) is 0 Å². The third-order valence-electron chi connectivity index (χ3n) is 4.01. The van der Waals surface area contributed by atoms with Crippen molar-refractivity contribution in [2.75, 3.05) is 0 Å². The Balaban J connectivity index is 1.78. The normalized spacial score (nSPS) is 21.5. The summed E-state index contributed by atoms with van der Waals surface area (Å²) in [5.41, 5.74) is 0.532.